The lowest BCUT2D eigenvalue weighted by Crippen LogP contribution is -2.40. The molecule has 0 radical (unpaired) electrons. The lowest BCUT2D eigenvalue weighted by atomic mass is 9.87. The van der Waals surface area contributed by atoms with Gasteiger partial charge in [0.25, 0.3) is 11.8 Å². The second kappa shape index (κ2) is 11.5. The fourth-order valence-electron chi connectivity index (χ4n) is 4.82. The van der Waals surface area contributed by atoms with Gasteiger partial charge < -0.3 is 19.4 Å². The summed E-state index contributed by atoms with van der Waals surface area (Å²) in [5.74, 6) is -0.551. The highest BCUT2D eigenvalue weighted by atomic mass is 19.1. The quantitative estimate of drug-likeness (QED) is 0.312. The summed E-state index contributed by atoms with van der Waals surface area (Å²) in [4.78, 5) is 28.0. The van der Waals surface area contributed by atoms with Crippen molar-refractivity contribution in [3.8, 4) is 5.75 Å². The van der Waals surface area contributed by atoms with Crippen LogP contribution in [0.2, 0.25) is 0 Å². The van der Waals surface area contributed by atoms with E-state index in [1.807, 2.05) is 25.1 Å². The van der Waals surface area contributed by atoms with Gasteiger partial charge in [-0.3, -0.25) is 9.59 Å². The number of fused-ring (bicyclic) bond motifs is 1. The Morgan fingerprint density at radius 3 is 2.41 bits per heavy atom. The van der Waals surface area contributed by atoms with Crippen molar-refractivity contribution in [3.05, 3.63) is 125 Å². The Labute approximate surface area is 225 Å². The van der Waals surface area contributed by atoms with Crippen LogP contribution in [-0.4, -0.2) is 29.4 Å². The van der Waals surface area contributed by atoms with E-state index in [1.165, 1.54) is 30.5 Å². The van der Waals surface area contributed by atoms with Crippen molar-refractivity contribution in [1.82, 2.24) is 10.2 Å². The Bertz CT molecular complexity index is 1440. The van der Waals surface area contributed by atoms with Crippen molar-refractivity contribution in [2.45, 2.75) is 38.5 Å². The Kier molecular flexibility index (Phi) is 7.72. The smallest absolute Gasteiger partial charge is 0.290 e. The first-order valence-corrected chi connectivity index (χ1v) is 12.8. The summed E-state index contributed by atoms with van der Waals surface area (Å²) in [6, 6.07) is 20.4. The lowest BCUT2D eigenvalue weighted by Gasteiger charge is -2.37. The molecule has 200 valence electrons. The van der Waals surface area contributed by atoms with Gasteiger partial charge in [0.05, 0.1) is 12.3 Å². The topological polar surface area (TPSA) is 71.8 Å². The molecule has 0 spiro atoms. The molecule has 0 saturated carbocycles. The van der Waals surface area contributed by atoms with Crippen molar-refractivity contribution >= 4 is 11.8 Å². The molecule has 5 rings (SSSR count). The SMILES string of the molecule is CCC(Oc1ccc2c(c1)C(c1ccc(F)cc1)N(C(=O)c1ccco1)CC2)C(=O)NCc1ccc(F)cc1. The van der Waals surface area contributed by atoms with Gasteiger partial charge in [-0.25, -0.2) is 8.78 Å². The third kappa shape index (κ3) is 5.85. The maximum absolute atomic E-state index is 13.8. The summed E-state index contributed by atoms with van der Waals surface area (Å²) in [5, 5.41) is 2.84. The molecule has 8 heteroatoms. The van der Waals surface area contributed by atoms with Gasteiger partial charge in [0.2, 0.25) is 0 Å². The molecule has 0 aliphatic carbocycles. The standard InChI is InChI=1S/C31H28F2N2O4/c1-2-27(30(36)34-19-20-5-10-23(32)11-6-20)39-25-14-9-21-15-16-35(31(37)28-4-3-17-38-28)29(26(21)18-25)22-7-12-24(33)13-8-22/h3-14,17-18,27,29H,2,15-16,19H2,1H3,(H,34,36). The first-order chi connectivity index (χ1) is 18.9. The summed E-state index contributed by atoms with van der Waals surface area (Å²) in [6.07, 6.45) is 1.75. The molecule has 0 bridgehead atoms. The predicted molar refractivity (Wildman–Crippen MR) is 141 cm³/mol. The molecule has 2 unspecified atom stereocenters. The van der Waals surface area contributed by atoms with Gasteiger partial charge in [-0.05, 0) is 83.6 Å². The number of amides is 2. The van der Waals surface area contributed by atoms with E-state index < -0.39 is 12.1 Å². The Balaban J connectivity index is 1.40. The number of nitrogens with one attached hydrogen (secondary N) is 1. The maximum atomic E-state index is 13.8. The van der Waals surface area contributed by atoms with Crippen LogP contribution in [0.5, 0.6) is 5.75 Å². The van der Waals surface area contributed by atoms with Gasteiger partial charge in [0.15, 0.2) is 11.9 Å². The molecule has 39 heavy (non-hydrogen) atoms. The summed E-state index contributed by atoms with van der Waals surface area (Å²) in [5.41, 5.74) is 3.40. The van der Waals surface area contributed by atoms with Crippen LogP contribution in [0.25, 0.3) is 0 Å². The molecule has 4 aromatic rings. The first-order valence-electron chi connectivity index (χ1n) is 12.8. The van der Waals surface area contributed by atoms with Crippen LogP contribution >= 0.6 is 0 Å². The van der Waals surface area contributed by atoms with Gasteiger partial charge in [0, 0.05) is 13.1 Å². The number of hydrogen-bond donors (Lipinski definition) is 1. The van der Waals surface area contributed by atoms with E-state index in [0.717, 1.165) is 22.3 Å². The van der Waals surface area contributed by atoms with Crippen molar-refractivity contribution in [1.29, 1.82) is 0 Å². The molecule has 3 aromatic carbocycles. The van der Waals surface area contributed by atoms with Crippen LogP contribution in [0.4, 0.5) is 8.78 Å². The summed E-state index contributed by atoms with van der Waals surface area (Å²) in [6.45, 7) is 2.56. The number of hydrogen-bond acceptors (Lipinski definition) is 4. The first kappa shape index (κ1) is 26.2. The second-order valence-corrected chi connectivity index (χ2v) is 9.40. The number of ether oxygens (including phenoxy) is 1. The normalized spacial score (nSPS) is 15.4. The van der Waals surface area contributed by atoms with Crippen molar-refractivity contribution < 1.29 is 27.5 Å². The zero-order valence-electron chi connectivity index (χ0n) is 21.4. The molecular formula is C31H28F2N2O4. The van der Waals surface area contributed by atoms with Crippen LogP contribution in [-0.2, 0) is 17.8 Å². The zero-order chi connectivity index (χ0) is 27.4. The van der Waals surface area contributed by atoms with Gasteiger partial charge >= 0.3 is 0 Å². The molecule has 1 N–H and O–H groups in total. The third-order valence-electron chi connectivity index (χ3n) is 6.85. The fraction of sp³-hybridized carbons (Fsp3) is 0.226. The average Bonchev–Trinajstić information content (AvgIpc) is 3.50. The zero-order valence-corrected chi connectivity index (χ0v) is 21.4. The molecule has 0 fully saturated rings. The molecule has 2 amide bonds. The van der Waals surface area contributed by atoms with Gasteiger partial charge in [-0.1, -0.05) is 37.3 Å². The Morgan fingerprint density at radius 1 is 1.03 bits per heavy atom. The van der Waals surface area contributed by atoms with Crippen molar-refractivity contribution in [2.24, 2.45) is 0 Å². The lowest BCUT2D eigenvalue weighted by molar-refractivity contribution is -0.128. The van der Waals surface area contributed by atoms with E-state index >= 15 is 0 Å². The Morgan fingerprint density at radius 2 is 1.74 bits per heavy atom. The van der Waals surface area contributed by atoms with E-state index in [9.17, 15) is 18.4 Å². The van der Waals surface area contributed by atoms with Crippen LogP contribution < -0.4 is 10.1 Å². The number of halogens is 2. The van der Waals surface area contributed by atoms with Gasteiger partial charge in [-0.15, -0.1) is 0 Å². The van der Waals surface area contributed by atoms with Crippen LogP contribution in [0.3, 0.4) is 0 Å². The van der Waals surface area contributed by atoms with E-state index in [-0.39, 0.29) is 35.8 Å². The monoisotopic (exact) mass is 530 g/mol. The molecule has 1 aromatic heterocycles. The van der Waals surface area contributed by atoms with Crippen LogP contribution in [0, 0.1) is 11.6 Å². The molecule has 1 aliphatic rings. The number of carbonyl (C=O) groups excluding carboxylic acids is 2. The summed E-state index contributed by atoms with van der Waals surface area (Å²) < 4.78 is 38.4. The minimum atomic E-state index is -0.753. The molecular weight excluding hydrogens is 502 g/mol. The highest BCUT2D eigenvalue weighted by Crippen LogP contribution is 2.38. The number of furan rings is 1. The Hall–Kier alpha value is -4.46. The van der Waals surface area contributed by atoms with Crippen LogP contribution in [0.1, 0.15) is 52.2 Å². The van der Waals surface area contributed by atoms with Gasteiger partial charge in [0.1, 0.15) is 17.4 Å². The average molecular weight is 531 g/mol. The maximum Gasteiger partial charge on any atom is 0.290 e. The van der Waals surface area contributed by atoms with E-state index in [1.54, 1.807) is 41.3 Å². The van der Waals surface area contributed by atoms with Gasteiger partial charge in [-0.2, -0.15) is 0 Å². The second-order valence-electron chi connectivity index (χ2n) is 9.40. The summed E-state index contributed by atoms with van der Waals surface area (Å²) >= 11 is 0. The van der Waals surface area contributed by atoms with Crippen molar-refractivity contribution in [2.75, 3.05) is 6.54 Å². The number of rotatable bonds is 8. The number of carbonyl (C=O) groups is 2. The molecule has 6 nitrogen and oxygen atoms in total. The van der Waals surface area contributed by atoms with E-state index in [2.05, 4.69) is 5.32 Å². The highest BCUT2D eigenvalue weighted by molar-refractivity contribution is 5.92. The highest BCUT2D eigenvalue weighted by Gasteiger charge is 2.34. The fourth-order valence-corrected chi connectivity index (χ4v) is 4.82. The van der Waals surface area contributed by atoms with Crippen LogP contribution in [0.15, 0.2) is 89.5 Å². The number of benzene rings is 3. The van der Waals surface area contributed by atoms with Crippen molar-refractivity contribution in [3.63, 3.8) is 0 Å². The largest absolute Gasteiger partial charge is 0.481 e. The summed E-state index contributed by atoms with van der Waals surface area (Å²) in [7, 11) is 0. The third-order valence-corrected chi connectivity index (χ3v) is 6.85. The number of nitrogens with zero attached hydrogens (tertiary/aromatic N) is 1. The predicted octanol–water partition coefficient (Wildman–Crippen LogP) is 5.82. The molecule has 2 heterocycles. The minimum absolute atomic E-state index is 0.224. The minimum Gasteiger partial charge on any atom is -0.481 e. The van der Waals surface area contributed by atoms with E-state index in [4.69, 9.17) is 9.15 Å². The van der Waals surface area contributed by atoms with E-state index in [0.29, 0.717) is 25.1 Å². The molecule has 1 aliphatic heterocycles. The molecule has 0 saturated heterocycles. The molecule has 2 atom stereocenters.